The largest absolute Gasteiger partial charge is 0.488 e. The number of fused-ring (bicyclic) bond motifs is 1. The summed E-state index contributed by atoms with van der Waals surface area (Å²) in [4.78, 5) is 9.01. The van der Waals surface area contributed by atoms with E-state index in [4.69, 9.17) is 9.47 Å². The van der Waals surface area contributed by atoms with Crippen LogP contribution >= 0.6 is 0 Å². The highest BCUT2D eigenvalue weighted by Crippen LogP contribution is 2.31. The molecule has 34 heavy (non-hydrogen) atoms. The summed E-state index contributed by atoms with van der Waals surface area (Å²) in [5.74, 6) is 1.12. The van der Waals surface area contributed by atoms with Crippen molar-refractivity contribution >= 4 is 5.65 Å². The third kappa shape index (κ3) is 4.35. The van der Waals surface area contributed by atoms with Crippen LogP contribution < -0.4 is 9.47 Å². The van der Waals surface area contributed by atoms with Crippen molar-refractivity contribution in [2.45, 2.75) is 26.9 Å². The van der Waals surface area contributed by atoms with E-state index in [2.05, 4.69) is 9.97 Å². The van der Waals surface area contributed by atoms with Gasteiger partial charge >= 0.3 is 0 Å². The number of rotatable bonds is 6. The van der Waals surface area contributed by atoms with Crippen LogP contribution in [0.15, 0.2) is 85.3 Å². The molecule has 0 saturated heterocycles. The number of aryl methyl sites for hydroxylation is 1. The van der Waals surface area contributed by atoms with E-state index in [1.807, 2.05) is 92.2 Å². The molecule has 0 aliphatic heterocycles. The van der Waals surface area contributed by atoms with Crippen molar-refractivity contribution in [3.8, 4) is 39.8 Å². The molecule has 3 aromatic heterocycles. The summed E-state index contributed by atoms with van der Waals surface area (Å²) >= 11 is 0. The van der Waals surface area contributed by atoms with Gasteiger partial charge in [-0.15, -0.1) is 0 Å². The lowest BCUT2D eigenvalue weighted by Crippen LogP contribution is -2.06. The number of nitrogens with zero attached hydrogens (tertiary/aromatic N) is 3. The summed E-state index contributed by atoms with van der Waals surface area (Å²) in [5, 5.41) is 0. The Bertz CT molecular complexity index is 1440. The van der Waals surface area contributed by atoms with Crippen molar-refractivity contribution in [1.29, 1.82) is 0 Å². The van der Waals surface area contributed by atoms with Crippen molar-refractivity contribution < 1.29 is 13.9 Å². The third-order valence-corrected chi connectivity index (χ3v) is 5.46. The minimum atomic E-state index is -0.380. The van der Waals surface area contributed by atoms with Crippen molar-refractivity contribution in [3.63, 3.8) is 0 Å². The number of imidazole rings is 1. The lowest BCUT2D eigenvalue weighted by Gasteiger charge is -2.13. The lowest BCUT2D eigenvalue weighted by atomic mass is 10.0. The smallest absolute Gasteiger partial charge is 0.219 e. The van der Waals surface area contributed by atoms with Gasteiger partial charge in [0.15, 0.2) is 11.6 Å². The van der Waals surface area contributed by atoms with Crippen LogP contribution in [0.5, 0.6) is 17.4 Å². The number of hydrogen-bond donors (Lipinski definition) is 0. The van der Waals surface area contributed by atoms with Gasteiger partial charge in [0, 0.05) is 29.6 Å². The summed E-state index contributed by atoms with van der Waals surface area (Å²) in [6.07, 6.45) is 5.47. The predicted molar refractivity (Wildman–Crippen MR) is 131 cm³/mol. The van der Waals surface area contributed by atoms with E-state index in [0.717, 1.165) is 39.3 Å². The highest BCUT2D eigenvalue weighted by molar-refractivity contribution is 5.72. The summed E-state index contributed by atoms with van der Waals surface area (Å²) in [5.41, 5.74) is 5.29. The van der Waals surface area contributed by atoms with Gasteiger partial charge in [-0.3, -0.25) is 4.40 Å². The first-order valence-corrected chi connectivity index (χ1v) is 11.1. The summed E-state index contributed by atoms with van der Waals surface area (Å²) in [7, 11) is 0. The number of ether oxygens (including phenoxy) is 2. The molecule has 5 nitrogen and oxygen atoms in total. The van der Waals surface area contributed by atoms with E-state index in [9.17, 15) is 4.39 Å². The van der Waals surface area contributed by atoms with Crippen LogP contribution in [0.25, 0.3) is 28.0 Å². The molecule has 0 atom stereocenters. The number of hydrogen-bond acceptors (Lipinski definition) is 4. The minimum Gasteiger partial charge on any atom is -0.488 e. The molecule has 0 aliphatic carbocycles. The summed E-state index contributed by atoms with van der Waals surface area (Å²) < 4.78 is 28.0. The van der Waals surface area contributed by atoms with Crippen molar-refractivity contribution in [1.82, 2.24) is 14.4 Å². The van der Waals surface area contributed by atoms with Gasteiger partial charge in [-0.05, 0) is 68.3 Å². The second-order valence-electron chi connectivity index (χ2n) is 8.35. The molecule has 0 N–H and O–H groups in total. The molecule has 0 saturated carbocycles. The second kappa shape index (κ2) is 8.98. The Morgan fingerprint density at radius 3 is 2.38 bits per heavy atom. The zero-order valence-electron chi connectivity index (χ0n) is 19.2. The number of halogens is 1. The minimum absolute atomic E-state index is 0.0926. The lowest BCUT2D eigenvalue weighted by molar-refractivity contribution is 0.231. The molecule has 0 radical (unpaired) electrons. The van der Waals surface area contributed by atoms with Crippen molar-refractivity contribution in [2.75, 3.05) is 0 Å². The molecule has 0 fully saturated rings. The highest BCUT2D eigenvalue weighted by atomic mass is 19.1. The van der Waals surface area contributed by atoms with Crippen molar-refractivity contribution in [3.05, 3.63) is 96.7 Å². The monoisotopic (exact) mass is 453 g/mol. The van der Waals surface area contributed by atoms with Gasteiger partial charge in [-0.1, -0.05) is 24.3 Å². The maximum Gasteiger partial charge on any atom is 0.219 e. The molecule has 3 heterocycles. The Labute approximate surface area is 197 Å². The molecule has 5 rings (SSSR count). The maximum absolute atomic E-state index is 14.7. The zero-order chi connectivity index (χ0) is 23.7. The van der Waals surface area contributed by atoms with Gasteiger partial charge in [0.25, 0.3) is 0 Å². The number of benzene rings is 2. The Hall–Kier alpha value is -4.19. The van der Waals surface area contributed by atoms with Crippen LogP contribution in [-0.4, -0.2) is 20.5 Å². The fraction of sp³-hybridized carbons (Fsp3) is 0.143. The molecule has 2 aromatic carbocycles. The fourth-order valence-corrected chi connectivity index (χ4v) is 3.86. The van der Waals surface area contributed by atoms with E-state index in [1.165, 1.54) is 6.07 Å². The topological polar surface area (TPSA) is 48.7 Å². The van der Waals surface area contributed by atoms with Crippen LogP contribution in [0.2, 0.25) is 0 Å². The Morgan fingerprint density at radius 1 is 0.882 bits per heavy atom. The van der Waals surface area contributed by atoms with E-state index in [0.29, 0.717) is 5.88 Å². The quantitative estimate of drug-likeness (QED) is 0.275. The van der Waals surface area contributed by atoms with Gasteiger partial charge in [-0.2, -0.15) is 0 Å². The fourth-order valence-electron chi connectivity index (χ4n) is 3.86. The van der Waals surface area contributed by atoms with Crippen LogP contribution in [-0.2, 0) is 0 Å². The third-order valence-electron chi connectivity index (χ3n) is 5.46. The first-order valence-electron chi connectivity index (χ1n) is 11.1. The Balaban J connectivity index is 1.48. The van der Waals surface area contributed by atoms with Gasteiger partial charge in [0.1, 0.15) is 11.4 Å². The van der Waals surface area contributed by atoms with Crippen LogP contribution in [0.4, 0.5) is 4.39 Å². The van der Waals surface area contributed by atoms with Gasteiger partial charge in [0.05, 0.1) is 18.0 Å². The van der Waals surface area contributed by atoms with E-state index >= 15 is 0 Å². The van der Waals surface area contributed by atoms with Gasteiger partial charge in [-0.25, -0.2) is 14.4 Å². The second-order valence-corrected chi connectivity index (χ2v) is 8.35. The molecule has 0 unspecified atom stereocenters. The molecule has 0 aliphatic rings. The molecule has 6 heteroatoms. The van der Waals surface area contributed by atoms with E-state index in [-0.39, 0.29) is 17.7 Å². The van der Waals surface area contributed by atoms with Crippen LogP contribution in [0, 0.1) is 12.7 Å². The summed E-state index contributed by atoms with van der Waals surface area (Å²) in [6, 6.07) is 20.4. The molecule has 0 spiro atoms. The van der Waals surface area contributed by atoms with Crippen LogP contribution in [0.3, 0.4) is 0 Å². The molecular formula is C28H24FN3O2. The maximum atomic E-state index is 14.7. The molecular weight excluding hydrogens is 429 g/mol. The van der Waals surface area contributed by atoms with E-state index < -0.39 is 0 Å². The summed E-state index contributed by atoms with van der Waals surface area (Å²) in [6.45, 7) is 5.75. The standard InChI is InChI=1S/C28H24FN3O2/c1-18(2)33-26-11-9-20(14-24(26)29)23-17-32-25(16-30-27(32)13-19(23)3)21-10-12-28(31-15-21)34-22-7-5-4-6-8-22/h4-18H,1-3H3. The highest BCUT2D eigenvalue weighted by Gasteiger charge is 2.13. The van der Waals surface area contributed by atoms with Gasteiger partial charge < -0.3 is 9.47 Å². The Morgan fingerprint density at radius 2 is 1.68 bits per heavy atom. The predicted octanol–water partition coefficient (Wildman–Crippen LogP) is 7.09. The average Bonchev–Trinajstić information content (AvgIpc) is 3.23. The molecule has 5 aromatic rings. The van der Waals surface area contributed by atoms with Gasteiger partial charge in [0.2, 0.25) is 5.88 Å². The first kappa shape index (κ1) is 21.6. The normalized spacial score (nSPS) is 11.2. The Kier molecular flexibility index (Phi) is 5.72. The molecule has 0 bridgehead atoms. The first-order chi connectivity index (χ1) is 16.5. The number of para-hydroxylation sites is 1. The van der Waals surface area contributed by atoms with Crippen molar-refractivity contribution in [2.24, 2.45) is 0 Å². The average molecular weight is 454 g/mol. The number of aromatic nitrogens is 3. The molecule has 170 valence electrons. The van der Waals surface area contributed by atoms with Crippen LogP contribution in [0.1, 0.15) is 19.4 Å². The SMILES string of the molecule is Cc1cc2ncc(-c3ccc(Oc4ccccc4)nc3)n2cc1-c1ccc(OC(C)C)c(F)c1. The van der Waals surface area contributed by atoms with E-state index in [1.54, 1.807) is 12.3 Å². The molecule has 0 amide bonds. The number of pyridine rings is 2. The zero-order valence-corrected chi connectivity index (χ0v) is 19.2.